The smallest absolute Gasteiger partial charge is 0.345 e. The fourth-order valence-electron chi connectivity index (χ4n) is 4.53. The van der Waals surface area contributed by atoms with Crippen molar-refractivity contribution in [3.63, 3.8) is 0 Å². The van der Waals surface area contributed by atoms with Crippen molar-refractivity contribution in [2.75, 3.05) is 6.54 Å². The minimum atomic E-state index is -3.41. The molecule has 3 atom stereocenters. The summed E-state index contributed by atoms with van der Waals surface area (Å²) in [5, 5.41) is 19.6. The van der Waals surface area contributed by atoms with Crippen LogP contribution in [0.2, 0.25) is 0 Å². The predicted molar refractivity (Wildman–Crippen MR) is 138 cm³/mol. The van der Waals surface area contributed by atoms with E-state index < -0.39 is 36.4 Å². The van der Waals surface area contributed by atoms with E-state index in [1.54, 1.807) is 18.2 Å². The molecule has 0 saturated carbocycles. The Labute approximate surface area is 215 Å². The molecule has 0 radical (unpaired) electrons. The number of halogens is 2. The number of aromatic carboxylic acids is 1. The van der Waals surface area contributed by atoms with Crippen molar-refractivity contribution >= 4 is 23.2 Å². The van der Waals surface area contributed by atoms with Crippen molar-refractivity contribution in [1.82, 2.24) is 4.90 Å². The molecule has 2 heterocycles. The first-order valence-electron chi connectivity index (χ1n) is 12.6. The Morgan fingerprint density at radius 2 is 1.89 bits per heavy atom. The maximum Gasteiger partial charge on any atom is 0.345 e. The molecule has 0 aliphatic carbocycles. The van der Waals surface area contributed by atoms with E-state index in [2.05, 4.69) is 12.1 Å². The van der Waals surface area contributed by atoms with Crippen LogP contribution in [0.4, 0.5) is 8.78 Å². The Balaban J connectivity index is 1.44. The lowest BCUT2D eigenvalue weighted by Gasteiger charge is -2.22. The predicted octanol–water partition coefficient (Wildman–Crippen LogP) is 5.97. The number of thiophene rings is 1. The van der Waals surface area contributed by atoms with Crippen LogP contribution in [0.25, 0.3) is 0 Å². The maximum atomic E-state index is 14.2. The summed E-state index contributed by atoms with van der Waals surface area (Å²) in [5.41, 5.74) is 1.32. The van der Waals surface area contributed by atoms with Gasteiger partial charge in [-0.15, -0.1) is 11.3 Å². The van der Waals surface area contributed by atoms with E-state index in [9.17, 15) is 23.5 Å². The van der Waals surface area contributed by atoms with Gasteiger partial charge in [0.05, 0.1) is 12.1 Å². The number of alkyl halides is 2. The molecule has 2 unspecified atom stereocenters. The summed E-state index contributed by atoms with van der Waals surface area (Å²) in [6.07, 6.45) is 7.70. The van der Waals surface area contributed by atoms with E-state index in [-0.39, 0.29) is 17.3 Å². The first-order valence-corrected chi connectivity index (χ1v) is 13.4. The van der Waals surface area contributed by atoms with Gasteiger partial charge in [0.15, 0.2) is 0 Å². The van der Waals surface area contributed by atoms with Crippen molar-refractivity contribution in [2.45, 2.75) is 76.4 Å². The number of hydrogen-bond acceptors (Lipinski definition) is 4. The number of unbranched alkanes of at least 4 members (excludes halogenated alkanes) is 2. The summed E-state index contributed by atoms with van der Waals surface area (Å²) in [5.74, 6) is -5.60. The molecule has 1 aliphatic rings. The molecule has 1 aliphatic heterocycles. The van der Waals surface area contributed by atoms with Crippen molar-refractivity contribution in [3.05, 3.63) is 69.9 Å². The van der Waals surface area contributed by atoms with Gasteiger partial charge in [-0.1, -0.05) is 62.2 Å². The molecule has 2 N–H and O–H groups in total. The lowest BCUT2D eigenvalue weighted by atomic mass is 9.95. The van der Waals surface area contributed by atoms with Gasteiger partial charge in [-0.05, 0) is 55.7 Å². The summed E-state index contributed by atoms with van der Waals surface area (Å²) in [6.45, 7) is 2.10. The monoisotopic (exact) mass is 519 g/mol. The zero-order valence-corrected chi connectivity index (χ0v) is 21.4. The Bertz CT molecular complexity index is 1020. The van der Waals surface area contributed by atoms with Gasteiger partial charge in [-0.25, -0.2) is 4.79 Å². The SMILES string of the molecule is C[C@@H](CCCCCc1ccccc1)C(O)/C=C/C1CC(F)(F)C(=O)N1CCCc1ccc(C(=O)O)s1. The number of aliphatic hydroxyl groups excluding tert-OH is 1. The molecule has 1 amide bonds. The van der Waals surface area contributed by atoms with Crippen LogP contribution in [-0.2, 0) is 17.6 Å². The third-order valence-electron chi connectivity index (χ3n) is 6.72. The number of carbonyl (C=O) groups excluding carboxylic acids is 1. The highest BCUT2D eigenvalue weighted by atomic mass is 32.1. The van der Waals surface area contributed by atoms with Crippen molar-refractivity contribution in [2.24, 2.45) is 5.92 Å². The number of aliphatic hydroxyl groups is 1. The van der Waals surface area contributed by atoms with E-state index in [0.29, 0.717) is 12.8 Å². The summed E-state index contributed by atoms with van der Waals surface area (Å²) < 4.78 is 28.3. The fourth-order valence-corrected chi connectivity index (χ4v) is 5.42. The molecule has 1 aromatic carbocycles. The number of hydrogen-bond donors (Lipinski definition) is 2. The molecular weight excluding hydrogens is 484 g/mol. The summed E-state index contributed by atoms with van der Waals surface area (Å²) in [4.78, 5) is 25.5. The lowest BCUT2D eigenvalue weighted by Crippen LogP contribution is -2.36. The van der Waals surface area contributed by atoms with Crippen molar-refractivity contribution < 1.29 is 28.6 Å². The van der Waals surface area contributed by atoms with Crippen LogP contribution < -0.4 is 0 Å². The van der Waals surface area contributed by atoms with Gasteiger partial charge in [-0.2, -0.15) is 8.78 Å². The van der Waals surface area contributed by atoms with Crippen molar-refractivity contribution in [1.29, 1.82) is 0 Å². The number of carboxylic acid groups (broad SMARTS) is 1. The zero-order valence-electron chi connectivity index (χ0n) is 20.6. The summed E-state index contributed by atoms with van der Waals surface area (Å²) in [7, 11) is 0. The molecule has 0 bridgehead atoms. The van der Waals surface area contributed by atoms with E-state index >= 15 is 0 Å². The normalized spacial score (nSPS) is 19.2. The van der Waals surface area contributed by atoms with Crippen LogP contribution >= 0.6 is 11.3 Å². The number of amides is 1. The van der Waals surface area contributed by atoms with E-state index in [1.807, 2.05) is 25.1 Å². The van der Waals surface area contributed by atoms with E-state index in [1.165, 1.54) is 16.5 Å². The molecule has 1 saturated heterocycles. The Hall–Kier alpha value is -2.58. The molecule has 1 fully saturated rings. The minimum absolute atomic E-state index is 0.00806. The van der Waals surface area contributed by atoms with Gasteiger partial charge in [0.2, 0.25) is 0 Å². The van der Waals surface area contributed by atoms with Gasteiger partial charge in [0, 0.05) is 17.8 Å². The van der Waals surface area contributed by atoms with Crippen LogP contribution in [0.1, 0.15) is 65.6 Å². The molecule has 36 heavy (non-hydrogen) atoms. The molecule has 3 rings (SSSR count). The molecular formula is C28H35F2NO4S. The second-order valence-corrected chi connectivity index (χ2v) is 10.8. The lowest BCUT2D eigenvalue weighted by molar-refractivity contribution is -0.148. The molecule has 0 spiro atoms. The maximum absolute atomic E-state index is 14.2. The Morgan fingerprint density at radius 1 is 1.14 bits per heavy atom. The Kier molecular flexibility index (Phi) is 10.2. The second-order valence-electron chi connectivity index (χ2n) is 9.59. The van der Waals surface area contributed by atoms with Gasteiger partial charge in [0.25, 0.3) is 5.91 Å². The number of aryl methyl sites for hydroxylation is 2. The average Bonchev–Trinajstić information content (AvgIpc) is 3.41. The van der Waals surface area contributed by atoms with Crippen molar-refractivity contribution in [3.8, 4) is 0 Å². The van der Waals surface area contributed by atoms with Crippen LogP contribution in [0.15, 0.2) is 54.6 Å². The third-order valence-corrected chi connectivity index (χ3v) is 7.85. The highest BCUT2D eigenvalue weighted by Crippen LogP contribution is 2.34. The largest absolute Gasteiger partial charge is 0.477 e. The number of rotatable bonds is 14. The standard InChI is InChI=1S/C28H35F2NO4S/c1-20(9-4-2-5-10-21-11-6-3-7-12-21)24(32)16-14-22-19-28(29,30)27(35)31(22)18-8-13-23-15-17-25(36-23)26(33)34/h3,6-7,11-12,14-17,20,22,24,32H,2,4-5,8-10,13,18-19H2,1H3,(H,33,34)/b16-14+/t20-,22?,24?/m0/s1. The van der Waals surface area contributed by atoms with Gasteiger partial charge >= 0.3 is 11.9 Å². The van der Waals surface area contributed by atoms with Crippen LogP contribution in [0.5, 0.6) is 0 Å². The quantitative estimate of drug-likeness (QED) is 0.238. The number of carboxylic acids is 1. The van der Waals surface area contributed by atoms with Gasteiger partial charge < -0.3 is 15.1 Å². The number of nitrogens with zero attached hydrogens (tertiary/aromatic N) is 1. The summed E-state index contributed by atoms with van der Waals surface area (Å²) >= 11 is 1.15. The van der Waals surface area contributed by atoms with Crippen LogP contribution in [0, 0.1) is 5.92 Å². The first kappa shape index (κ1) is 28.0. The molecule has 8 heteroatoms. The van der Waals surface area contributed by atoms with Crippen LogP contribution in [-0.4, -0.2) is 51.6 Å². The highest BCUT2D eigenvalue weighted by molar-refractivity contribution is 7.13. The van der Waals surface area contributed by atoms with Crippen LogP contribution in [0.3, 0.4) is 0 Å². The molecule has 1 aromatic heterocycles. The third kappa shape index (κ3) is 7.96. The second kappa shape index (κ2) is 13.1. The minimum Gasteiger partial charge on any atom is -0.477 e. The first-order chi connectivity index (χ1) is 17.2. The van der Waals surface area contributed by atoms with E-state index in [4.69, 9.17) is 5.11 Å². The number of benzene rings is 1. The summed E-state index contributed by atoms with van der Waals surface area (Å²) in [6, 6.07) is 12.8. The molecule has 196 valence electrons. The average molecular weight is 520 g/mol. The Morgan fingerprint density at radius 3 is 2.58 bits per heavy atom. The van der Waals surface area contributed by atoms with E-state index in [0.717, 1.165) is 48.3 Å². The topological polar surface area (TPSA) is 77.8 Å². The molecule has 2 aromatic rings. The fraction of sp³-hybridized carbons (Fsp3) is 0.500. The zero-order chi connectivity index (χ0) is 26.1. The molecule has 5 nitrogen and oxygen atoms in total. The number of carbonyl (C=O) groups is 2. The van der Waals surface area contributed by atoms with Gasteiger partial charge in [0.1, 0.15) is 4.88 Å². The van der Waals surface area contributed by atoms with Gasteiger partial charge in [-0.3, -0.25) is 4.79 Å². The number of likely N-dealkylation sites (tertiary alicyclic amines) is 1. The highest BCUT2D eigenvalue weighted by Gasteiger charge is 2.52.